The summed E-state index contributed by atoms with van der Waals surface area (Å²) in [5.41, 5.74) is 7.83. The molecule has 1 heterocycles. The molecule has 6 nitrogen and oxygen atoms in total. The van der Waals surface area contributed by atoms with Crippen LogP contribution in [0.4, 0.5) is 0 Å². The molecular formula is C16H23N3O3S2. The van der Waals surface area contributed by atoms with Crippen LogP contribution in [0.1, 0.15) is 32.3 Å². The van der Waals surface area contributed by atoms with Crippen LogP contribution in [0, 0.1) is 0 Å². The number of hydrogen-bond donors (Lipinski definition) is 4. The summed E-state index contributed by atoms with van der Waals surface area (Å²) in [6, 6.07) is 7.83. The second-order valence-electron chi connectivity index (χ2n) is 4.23. The number of carbonyl (C=O) groups is 2. The van der Waals surface area contributed by atoms with Gasteiger partial charge in [-0.1, -0.05) is 44.2 Å². The first-order chi connectivity index (χ1) is 11.6. The molecule has 1 aliphatic heterocycles. The third-order valence-electron chi connectivity index (χ3n) is 2.72. The van der Waals surface area contributed by atoms with Crippen molar-refractivity contribution >= 4 is 48.7 Å². The number of nitrogens with two attached hydrogens (primary N) is 1. The highest BCUT2D eigenvalue weighted by Gasteiger charge is 2.25. The van der Waals surface area contributed by atoms with Crippen LogP contribution in [0.25, 0.3) is 6.08 Å². The first-order valence-electron chi connectivity index (χ1n) is 7.37. The minimum atomic E-state index is -0.395. The van der Waals surface area contributed by atoms with Gasteiger partial charge in [-0.25, -0.2) is 9.88 Å². The molecule has 0 saturated heterocycles. The zero-order chi connectivity index (χ0) is 18.4. The number of carbonyl (C=O) groups excluding carboxylic acids is 2. The van der Waals surface area contributed by atoms with E-state index in [1.54, 1.807) is 5.48 Å². The summed E-state index contributed by atoms with van der Waals surface area (Å²) in [7, 11) is 0. The Hall–Kier alpha value is -1.77. The molecule has 0 fully saturated rings. The molecule has 24 heavy (non-hydrogen) atoms. The molecule has 1 aromatic carbocycles. The average Bonchev–Trinajstić information content (AvgIpc) is 3.07. The lowest BCUT2D eigenvalue weighted by molar-refractivity contribution is -0.128. The summed E-state index contributed by atoms with van der Waals surface area (Å²) in [6.07, 6.45) is 5.52. The van der Waals surface area contributed by atoms with Crippen molar-refractivity contribution in [1.29, 1.82) is 0 Å². The van der Waals surface area contributed by atoms with Crippen molar-refractivity contribution in [1.82, 2.24) is 5.48 Å². The van der Waals surface area contributed by atoms with E-state index in [2.05, 4.69) is 22.8 Å². The van der Waals surface area contributed by atoms with E-state index in [1.807, 2.05) is 50.3 Å². The Kier molecular flexibility index (Phi) is 12.6. The third kappa shape index (κ3) is 8.19. The Balaban J connectivity index is 0.000000952. The Labute approximate surface area is 152 Å². The number of hydrogen-bond acceptors (Lipinski definition) is 6. The van der Waals surface area contributed by atoms with Gasteiger partial charge in [-0.2, -0.15) is 0 Å². The van der Waals surface area contributed by atoms with Crippen LogP contribution in [0.15, 0.2) is 39.6 Å². The zero-order valence-electron chi connectivity index (χ0n) is 13.7. The van der Waals surface area contributed by atoms with Crippen molar-refractivity contribution in [3.63, 3.8) is 0 Å². The molecule has 0 radical (unpaired) electrons. The molecule has 0 saturated carbocycles. The largest absolute Gasteiger partial charge is 0.372 e. The van der Waals surface area contributed by atoms with Crippen LogP contribution < -0.4 is 11.2 Å². The highest BCUT2D eigenvalue weighted by molar-refractivity contribution is 7.99. The summed E-state index contributed by atoms with van der Waals surface area (Å²) >= 11 is 5.57. The quantitative estimate of drug-likeness (QED) is 0.215. The third-order valence-corrected chi connectivity index (χ3v) is 4.13. The number of allylic oxidation sites excluding steroid dienone is 1. The predicted molar refractivity (Wildman–Crippen MR) is 102 cm³/mol. The minimum Gasteiger partial charge on any atom is -0.372 e. The second-order valence-corrected chi connectivity index (χ2v) is 5.68. The van der Waals surface area contributed by atoms with Crippen molar-refractivity contribution in [3.8, 4) is 0 Å². The number of nitrogens with zero attached hydrogens (tertiary/aromatic N) is 1. The molecule has 0 aliphatic carbocycles. The summed E-state index contributed by atoms with van der Waals surface area (Å²) < 4.78 is 4.23. The number of amides is 2. The molecule has 8 heteroatoms. The SMILES string of the molecule is CC.NC=O.O=C(NO)C1CC(C/C=C/c2ccccc2S)=NS1. The number of rotatable bonds is 4. The fourth-order valence-corrected chi connectivity index (χ4v) is 2.79. The van der Waals surface area contributed by atoms with Crippen LogP contribution in [0.2, 0.25) is 0 Å². The van der Waals surface area contributed by atoms with E-state index in [4.69, 9.17) is 10.0 Å². The van der Waals surface area contributed by atoms with E-state index in [9.17, 15) is 4.79 Å². The van der Waals surface area contributed by atoms with E-state index >= 15 is 0 Å². The molecule has 0 spiro atoms. The molecule has 0 aromatic heterocycles. The van der Waals surface area contributed by atoms with Gasteiger partial charge < -0.3 is 5.73 Å². The van der Waals surface area contributed by atoms with Gasteiger partial charge in [0.1, 0.15) is 5.25 Å². The van der Waals surface area contributed by atoms with Gasteiger partial charge in [-0.05, 0) is 23.6 Å². The maximum absolute atomic E-state index is 11.2. The van der Waals surface area contributed by atoms with Gasteiger partial charge in [0.15, 0.2) is 0 Å². The van der Waals surface area contributed by atoms with Gasteiger partial charge in [0.05, 0.1) is 0 Å². The molecule has 1 aliphatic rings. The van der Waals surface area contributed by atoms with E-state index in [0.29, 0.717) is 12.8 Å². The van der Waals surface area contributed by atoms with E-state index in [-0.39, 0.29) is 11.7 Å². The first kappa shape index (κ1) is 22.2. The first-order valence-corrected chi connectivity index (χ1v) is 8.66. The predicted octanol–water partition coefficient (Wildman–Crippen LogP) is 2.87. The highest BCUT2D eigenvalue weighted by Crippen LogP contribution is 2.26. The molecule has 0 bridgehead atoms. The Morgan fingerprint density at radius 2 is 2.12 bits per heavy atom. The summed E-state index contributed by atoms with van der Waals surface area (Å²) in [4.78, 5) is 20.7. The van der Waals surface area contributed by atoms with E-state index < -0.39 is 5.91 Å². The average molecular weight is 370 g/mol. The summed E-state index contributed by atoms with van der Waals surface area (Å²) in [6.45, 7) is 4.00. The Morgan fingerprint density at radius 1 is 1.50 bits per heavy atom. The zero-order valence-corrected chi connectivity index (χ0v) is 15.4. The Bertz CT molecular complexity index is 577. The van der Waals surface area contributed by atoms with Crippen molar-refractivity contribution in [2.45, 2.75) is 36.8 Å². The topological polar surface area (TPSA) is 105 Å². The number of hydroxylamine groups is 1. The van der Waals surface area contributed by atoms with Crippen LogP contribution in [-0.4, -0.2) is 28.5 Å². The van der Waals surface area contributed by atoms with Gasteiger partial charge in [0.25, 0.3) is 5.91 Å². The lowest BCUT2D eigenvalue weighted by Crippen LogP contribution is -2.29. The molecule has 2 rings (SSSR count). The number of primary amides is 1. The maximum atomic E-state index is 11.2. The molecule has 1 aromatic rings. The lowest BCUT2D eigenvalue weighted by Gasteiger charge is -2.03. The van der Waals surface area contributed by atoms with Gasteiger partial charge >= 0.3 is 0 Å². The molecule has 1 unspecified atom stereocenters. The van der Waals surface area contributed by atoms with Gasteiger partial charge in [0, 0.05) is 23.4 Å². The molecule has 2 amide bonds. The molecular weight excluding hydrogens is 346 g/mol. The van der Waals surface area contributed by atoms with Crippen molar-refractivity contribution < 1.29 is 14.8 Å². The fraction of sp³-hybridized carbons (Fsp3) is 0.312. The second kappa shape index (κ2) is 13.6. The number of benzene rings is 1. The summed E-state index contributed by atoms with van der Waals surface area (Å²) in [5.74, 6) is -0.395. The van der Waals surface area contributed by atoms with Crippen molar-refractivity contribution in [2.24, 2.45) is 10.1 Å². The lowest BCUT2D eigenvalue weighted by atomic mass is 10.1. The smallest absolute Gasteiger partial charge is 0.258 e. The summed E-state index contributed by atoms with van der Waals surface area (Å²) in [5, 5.41) is 8.24. The maximum Gasteiger partial charge on any atom is 0.258 e. The van der Waals surface area contributed by atoms with Gasteiger partial charge in [-0.15, -0.1) is 12.6 Å². The van der Waals surface area contributed by atoms with Crippen molar-refractivity contribution in [3.05, 3.63) is 35.9 Å². The number of nitrogens with one attached hydrogen (secondary N) is 1. The van der Waals surface area contributed by atoms with Crippen LogP contribution in [-0.2, 0) is 9.59 Å². The number of thiol groups is 1. The monoisotopic (exact) mass is 369 g/mol. The molecule has 132 valence electrons. The normalized spacial score (nSPS) is 15.5. The minimum absolute atomic E-state index is 0.250. The molecule has 4 N–H and O–H groups in total. The Morgan fingerprint density at radius 3 is 2.71 bits per heavy atom. The fourth-order valence-electron chi connectivity index (χ4n) is 1.71. The van der Waals surface area contributed by atoms with Gasteiger partial charge in [0.2, 0.25) is 6.41 Å². The van der Waals surface area contributed by atoms with Crippen LogP contribution >= 0.6 is 24.6 Å². The van der Waals surface area contributed by atoms with Crippen LogP contribution in [0.5, 0.6) is 0 Å². The van der Waals surface area contributed by atoms with Crippen LogP contribution in [0.3, 0.4) is 0 Å². The van der Waals surface area contributed by atoms with E-state index in [0.717, 1.165) is 16.2 Å². The highest BCUT2D eigenvalue weighted by atomic mass is 32.2. The van der Waals surface area contributed by atoms with Crippen molar-refractivity contribution in [2.75, 3.05) is 0 Å². The van der Waals surface area contributed by atoms with Gasteiger partial charge in [-0.3, -0.25) is 14.8 Å². The molecule has 1 atom stereocenters. The van der Waals surface area contributed by atoms with E-state index in [1.165, 1.54) is 11.9 Å². The standard InChI is InChI=1S/C13H14N2O2S2.C2H6.CH3NO/c16-13(14-17)12-8-10(15-19-12)6-3-5-9-4-1-2-7-11(9)18;1-2;2-1-3/h1-5,7,12,17-18H,6,8H2,(H,14,16);1-2H3;1H,(H2,2,3)/b5-3+;;.